The van der Waals surface area contributed by atoms with Crippen molar-refractivity contribution in [2.24, 2.45) is 0 Å². The fraction of sp³-hybridized carbons (Fsp3) is 0. The van der Waals surface area contributed by atoms with E-state index in [9.17, 15) is 0 Å². The summed E-state index contributed by atoms with van der Waals surface area (Å²) in [5.74, 6) is 1.91. The summed E-state index contributed by atoms with van der Waals surface area (Å²) in [5, 5.41) is 4.94. The first-order valence-corrected chi connectivity index (χ1v) is 16.9. The normalized spacial score (nSPS) is 11.2. The quantitative estimate of drug-likeness (QED) is 0.170. The molecule has 0 aliphatic rings. The number of nitrogens with zero attached hydrogens (tertiary/aromatic N) is 3. The minimum absolute atomic E-state index is 0.635. The summed E-state index contributed by atoms with van der Waals surface area (Å²) in [7, 11) is 0. The lowest BCUT2D eigenvalue weighted by molar-refractivity contribution is 1.07. The maximum Gasteiger partial charge on any atom is 0.164 e. The van der Waals surface area contributed by atoms with E-state index >= 15 is 0 Å². The van der Waals surface area contributed by atoms with Crippen LogP contribution in [0.4, 0.5) is 0 Å². The molecule has 0 radical (unpaired) electrons. The van der Waals surface area contributed by atoms with Gasteiger partial charge in [0, 0.05) is 16.7 Å². The Labute approximate surface area is 291 Å². The third-order valence-electron chi connectivity index (χ3n) is 9.34. The fourth-order valence-electron chi connectivity index (χ4n) is 6.77. The standard InChI is InChI=1S/C47H31N3/c1-3-12-32(13-4-1)34-22-26-36(27-23-34)45-48-46(37-28-24-35(25-29-37)33-14-5-2-6-15-33)50-47(49-45)40-18-11-17-38(30-40)44-31-39-16-7-8-19-41(39)42-20-9-10-21-43(42)44/h1-31H. The van der Waals surface area contributed by atoms with E-state index in [2.05, 4.69) is 176 Å². The van der Waals surface area contributed by atoms with Crippen molar-refractivity contribution in [3.05, 3.63) is 188 Å². The predicted octanol–water partition coefficient (Wildman–Crippen LogP) is 12.2. The van der Waals surface area contributed by atoms with Crippen LogP contribution in [0.3, 0.4) is 0 Å². The van der Waals surface area contributed by atoms with Crippen molar-refractivity contribution in [1.29, 1.82) is 0 Å². The zero-order valence-corrected chi connectivity index (χ0v) is 27.2. The van der Waals surface area contributed by atoms with Gasteiger partial charge in [-0.2, -0.15) is 0 Å². The third-order valence-corrected chi connectivity index (χ3v) is 9.34. The van der Waals surface area contributed by atoms with Crippen LogP contribution in [-0.2, 0) is 0 Å². The van der Waals surface area contributed by atoms with Gasteiger partial charge in [-0.3, -0.25) is 0 Å². The van der Waals surface area contributed by atoms with Gasteiger partial charge in [-0.1, -0.05) is 176 Å². The van der Waals surface area contributed by atoms with Gasteiger partial charge in [0.25, 0.3) is 0 Å². The Morgan fingerprint density at radius 3 is 1.22 bits per heavy atom. The van der Waals surface area contributed by atoms with Crippen LogP contribution in [0.5, 0.6) is 0 Å². The van der Waals surface area contributed by atoms with Crippen molar-refractivity contribution in [3.8, 4) is 67.5 Å². The smallest absolute Gasteiger partial charge is 0.164 e. The van der Waals surface area contributed by atoms with Crippen LogP contribution < -0.4 is 0 Å². The van der Waals surface area contributed by atoms with E-state index < -0.39 is 0 Å². The van der Waals surface area contributed by atoms with Gasteiger partial charge in [0.15, 0.2) is 17.5 Å². The first-order valence-electron chi connectivity index (χ1n) is 16.9. The predicted molar refractivity (Wildman–Crippen MR) is 207 cm³/mol. The summed E-state index contributed by atoms with van der Waals surface area (Å²) in [6.45, 7) is 0. The van der Waals surface area contributed by atoms with E-state index in [0.29, 0.717) is 17.5 Å². The zero-order valence-electron chi connectivity index (χ0n) is 27.2. The van der Waals surface area contributed by atoms with Crippen LogP contribution >= 0.6 is 0 Å². The molecule has 8 aromatic carbocycles. The van der Waals surface area contributed by atoms with Crippen molar-refractivity contribution >= 4 is 21.5 Å². The highest BCUT2D eigenvalue weighted by atomic mass is 15.0. The molecule has 1 aromatic heterocycles. The molecule has 0 aliphatic heterocycles. The fourth-order valence-corrected chi connectivity index (χ4v) is 6.77. The van der Waals surface area contributed by atoms with Crippen LogP contribution in [0.25, 0.3) is 89.1 Å². The molecular formula is C47H31N3. The minimum Gasteiger partial charge on any atom is -0.208 e. The Bertz CT molecular complexity index is 2510. The van der Waals surface area contributed by atoms with Crippen molar-refractivity contribution in [2.75, 3.05) is 0 Å². The van der Waals surface area contributed by atoms with Gasteiger partial charge in [-0.25, -0.2) is 15.0 Å². The van der Waals surface area contributed by atoms with Gasteiger partial charge in [0.05, 0.1) is 0 Å². The Morgan fingerprint density at radius 2 is 0.640 bits per heavy atom. The summed E-state index contributed by atoms with van der Waals surface area (Å²) >= 11 is 0. The first kappa shape index (κ1) is 29.4. The number of rotatable bonds is 6. The molecule has 9 rings (SSSR count). The highest BCUT2D eigenvalue weighted by molar-refractivity contribution is 6.13. The molecule has 9 aromatic rings. The van der Waals surface area contributed by atoms with Gasteiger partial charge >= 0.3 is 0 Å². The second-order valence-electron chi connectivity index (χ2n) is 12.5. The molecule has 3 nitrogen and oxygen atoms in total. The molecule has 0 saturated heterocycles. The van der Waals surface area contributed by atoms with Crippen LogP contribution in [0.15, 0.2) is 188 Å². The highest BCUT2D eigenvalue weighted by Gasteiger charge is 2.15. The van der Waals surface area contributed by atoms with Crippen LogP contribution in [-0.4, -0.2) is 15.0 Å². The van der Waals surface area contributed by atoms with Gasteiger partial charge in [-0.15, -0.1) is 0 Å². The SMILES string of the molecule is c1ccc(-c2ccc(-c3nc(-c4ccc(-c5ccccc5)cc4)nc(-c4cccc(-c5cc6ccccc6c6ccccc56)c4)n3)cc2)cc1. The van der Waals surface area contributed by atoms with Crippen LogP contribution in [0, 0.1) is 0 Å². The lowest BCUT2D eigenvalue weighted by atomic mass is 9.92. The average Bonchev–Trinajstić information content (AvgIpc) is 3.21. The zero-order chi connectivity index (χ0) is 33.3. The van der Waals surface area contributed by atoms with Gasteiger partial charge < -0.3 is 0 Å². The van der Waals surface area contributed by atoms with Gasteiger partial charge in [-0.05, 0) is 67.1 Å². The minimum atomic E-state index is 0.635. The topological polar surface area (TPSA) is 38.7 Å². The molecule has 1 heterocycles. The van der Waals surface area contributed by atoms with E-state index in [1.165, 1.54) is 38.2 Å². The van der Waals surface area contributed by atoms with E-state index in [4.69, 9.17) is 15.0 Å². The highest BCUT2D eigenvalue weighted by Crippen LogP contribution is 2.36. The monoisotopic (exact) mass is 637 g/mol. The Kier molecular flexibility index (Phi) is 7.49. The molecule has 0 bridgehead atoms. The molecule has 0 fully saturated rings. The Morgan fingerprint density at radius 1 is 0.240 bits per heavy atom. The maximum absolute atomic E-state index is 5.09. The van der Waals surface area contributed by atoms with Crippen molar-refractivity contribution in [1.82, 2.24) is 15.0 Å². The third kappa shape index (κ3) is 5.61. The molecule has 0 spiro atoms. The molecule has 0 atom stereocenters. The average molecular weight is 638 g/mol. The molecule has 0 saturated carbocycles. The van der Waals surface area contributed by atoms with Crippen LogP contribution in [0.1, 0.15) is 0 Å². The number of hydrogen-bond acceptors (Lipinski definition) is 3. The van der Waals surface area contributed by atoms with Crippen molar-refractivity contribution < 1.29 is 0 Å². The summed E-state index contributed by atoms with van der Waals surface area (Å²) in [4.78, 5) is 15.2. The molecule has 3 heteroatoms. The molecule has 0 aliphatic carbocycles. The van der Waals surface area contributed by atoms with Crippen molar-refractivity contribution in [3.63, 3.8) is 0 Å². The largest absolute Gasteiger partial charge is 0.208 e. The molecule has 0 amide bonds. The summed E-state index contributed by atoms with van der Waals surface area (Å²) in [5.41, 5.74) is 9.76. The molecule has 234 valence electrons. The lowest BCUT2D eigenvalue weighted by Gasteiger charge is -2.13. The number of fused-ring (bicyclic) bond motifs is 3. The molecule has 0 unspecified atom stereocenters. The Hall–Kier alpha value is -6.71. The molecular weight excluding hydrogens is 607 g/mol. The summed E-state index contributed by atoms with van der Waals surface area (Å²) in [6.07, 6.45) is 0. The second kappa shape index (κ2) is 12.7. The van der Waals surface area contributed by atoms with E-state index in [1.54, 1.807) is 0 Å². The maximum atomic E-state index is 5.09. The summed E-state index contributed by atoms with van der Waals surface area (Å²) in [6, 6.07) is 65.8. The van der Waals surface area contributed by atoms with E-state index in [1.807, 2.05) is 12.1 Å². The van der Waals surface area contributed by atoms with E-state index in [-0.39, 0.29) is 0 Å². The summed E-state index contributed by atoms with van der Waals surface area (Å²) < 4.78 is 0. The molecule has 0 N–H and O–H groups in total. The Balaban J connectivity index is 1.17. The molecule has 50 heavy (non-hydrogen) atoms. The van der Waals surface area contributed by atoms with Gasteiger partial charge in [0.1, 0.15) is 0 Å². The first-order chi connectivity index (χ1) is 24.8. The van der Waals surface area contributed by atoms with Crippen molar-refractivity contribution in [2.45, 2.75) is 0 Å². The van der Waals surface area contributed by atoms with Crippen LogP contribution in [0.2, 0.25) is 0 Å². The lowest BCUT2D eigenvalue weighted by Crippen LogP contribution is -2.00. The van der Waals surface area contributed by atoms with E-state index in [0.717, 1.165) is 33.4 Å². The number of benzene rings is 8. The number of hydrogen-bond donors (Lipinski definition) is 0. The van der Waals surface area contributed by atoms with Gasteiger partial charge in [0.2, 0.25) is 0 Å². The number of aromatic nitrogens is 3. The second-order valence-corrected chi connectivity index (χ2v) is 12.5.